The van der Waals surface area contributed by atoms with E-state index in [2.05, 4.69) is 24.0 Å². The fourth-order valence-electron chi connectivity index (χ4n) is 4.47. The van der Waals surface area contributed by atoms with Crippen molar-refractivity contribution >= 4 is 34.7 Å². The molecule has 1 aliphatic rings. The van der Waals surface area contributed by atoms with Gasteiger partial charge in [0.1, 0.15) is 13.2 Å². The van der Waals surface area contributed by atoms with Crippen molar-refractivity contribution in [3.8, 4) is 11.1 Å². The Morgan fingerprint density at radius 1 is 0.818 bits per heavy atom. The third kappa shape index (κ3) is 7.89. The van der Waals surface area contributed by atoms with E-state index in [1.807, 2.05) is 104 Å². The molecule has 0 aliphatic heterocycles. The third-order valence-electron chi connectivity index (χ3n) is 9.14. The number of nitrogens with one attached hydrogen (secondary N) is 1. The molecule has 10 heteroatoms. The Morgan fingerprint density at radius 3 is 1.80 bits per heavy atom. The summed E-state index contributed by atoms with van der Waals surface area (Å²) in [5.74, 6) is -1.72. The molecule has 2 atom stereocenters. The fourth-order valence-corrected chi connectivity index (χ4v) is 6.61. The van der Waals surface area contributed by atoms with Crippen LogP contribution in [0.4, 0.5) is 4.79 Å². The van der Waals surface area contributed by atoms with E-state index >= 15 is 0 Å². The summed E-state index contributed by atoms with van der Waals surface area (Å²) in [5.41, 5.74) is 4.31. The van der Waals surface area contributed by atoms with E-state index in [0.29, 0.717) is 0 Å². The van der Waals surface area contributed by atoms with Crippen LogP contribution >= 0.6 is 0 Å². The van der Waals surface area contributed by atoms with Gasteiger partial charge in [0.25, 0.3) is 8.32 Å². The molecule has 1 N–H and O–H groups in total. The molecule has 2 aromatic rings. The average Bonchev–Trinajstić information content (AvgIpc) is 3.24. The maximum Gasteiger partial charge on any atom is 0.407 e. The van der Waals surface area contributed by atoms with Gasteiger partial charge in [-0.25, -0.2) is 9.59 Å². The Morgan fingerprint density at radius 2 is 1.32 bits per heavy atom. The topological polar surface area (TPSA) is 100 Å². The molecular weight excluding hydrogens is 591 g/mol. The summed E-state index contributed by atoms with van der Waals surface area (Å²) in [5, 5.41) is 2.03. The molecule has 3 rings (SSSR count). The van der Waals surface area contributed by atoms with E-state index in [9.17, 15) is 14.4 Å². The quantitative estimate of drug-likeness (QED) is 0.154. The maximum atomic E-state index is 13.9. The van der Waals surface area contributed by atoms with Crippen molar-refractivity contribution in [3.63, 3.8) is 0 Å². The lowest BCUT2D eigenvalue weighted by atomic mass is 9.98. The first-order chi connectivity index (χ1) is 20.3. The van der Waals surface area contributed by atoms with E-state index in [1.54, 1.807) is 0 Å². The van der Waals surface area contributed by atoms with Crippen molar-refractivity contribution in [2.45, 2.75) is 95.9 Å². The van der Waals surface area contributed by atoms with Crippen molar-refractivity contribution in [1.29, 1.82) is 0 Å². The Hall–Kier alpha value is -3.22. The highest BCUT2D eigenvalue weighted by Crippen LogP contribution is 2.44. The van der Waals surface area contributed by atoms with Crippen molar-refractivity contribution in [1.82, 2.24) is 5.32 Å². The standard InChI is InChI=1S/C34H49NO7Si2/c1-12-21-39-30(36)28(29(41-43(8,9)33(2,3)4)31(37)42-44(10,11)34(5,6)7)35-32(38)40-22-27-25-19-15-13-17-23(25)24-18-14-16-20-26(24)27/h12-20,27-29H,1,21-22H2,2-11H3,(H,35,38)/t28-,29-/m1/s1. The van der Waals surface area contributed by atoms with Crippen LogP contribution in [0.5, 0.6) is 0 Å². The number of carbonyl (C=O) groups is 3. The zero-order chi connectivity index (χ0) is 33.1. The molecule has 2 aromatic carbocycles. The number of rotatable bonds is 11. The molecule has 0 spiro atoms. The predicted molar refractivity (Wildman–Crippen MR) is 179 cm³/mol. The van der Waals surface area contributed by atoms with Crippen LogP contribution in [-0.4, -0.2) is 60.0 Å². The Balaban J connectivity index is 1.92. The fraction of sp³-hybridized carbons (Fsp3) is 0.500. The summed E-state index contributed by atoms with van der Waals surface area (Å²) < 4.78 is 23.8. The van der Waals surface area contributed by atoms with Gasteiger partial charge in [0.15, 0.2) is 20.5 Å². The minimum absolute atomic E-state index is 0.0382. The highest BCUT2D eigenvalue weighted by Gasteiger charge is 2.49. The van der Waals surface area contributed by atoms with Crippen LogP contribution in [0.15, 0.2) is 61.2 Å². The lowest BCUT2D eigenvalue weighted by Crippen LogP contribution is -2.60. The highest BCUT2D eigenvalue weighted by molar-refractivity contribution is 6.76. The van der Waals surface area contributed by atoms with Gasteiger partial charge in [-0.15, -0.1) is 0 Å². The van der Waals surface area contributed by atoms with Crippen LogP contribution < -0.4 is 5.32 Å². The number of benzene rings is 2. The van der Waals surface area contributed by atoms with E-state index in [1.165, 1.54) is 6.08 Å². The number of hydrogen-bond donors (Lipinski definition) is 1. The van der Waals surface area contributed by atoms with Crippen LogP contribution in [0.2, 0.25) is 36.3 Å². The van der Waals surface area contributed by atoms with E-state index in [0.717, 1.165) is 22.3 Å². The molecule has 0 fully saturated rings. The molecule has 0 radical (unpaired) electrons. The first-order valence-electron chi connectivity index (χ1n) is 15.1. The molecule has 1 amide bonds. The SMILES string of the molecule is C=CCOC(=O)[C@H](NC(=O)OCC1c2ccccc2-c2ccccc21)[C@@H](O[Si](C)(C)C(C)(C)C)C(=O)O[Si](C)(C)C(C)(C)C. The molecule has 0 heterocycles. The van der Waals surface area contributed by atoms with Crippen LogP contribution in [0.1, 0.15) is 58.6 Å². The largest absolute Gasteiger partial charge is 0.517 e. The lowest BCUT2D eigenvalue weighted by molar-refractivity contribution is -0.156. The number of ether oxygens (including phenoxy) is 2. The number of hydrogen-bond acceptors (Lipinski definition) is 7. The predicted octanol–water partition coefficient (Wildman–Crippen LogP) is 7.56. The molecular formula is C34H49NO7Si2. The van der Waals surface area contributed by atoms with Crippen LogP contribution in [0.25, 0.3) is 11.1 Å². The van der Waals surface area contributed by atoms with Crippen molar-refractivity contribution in [2.75, 3.05) is 13.2 Å². The number of carbonyl (C=O) groups excluding carboxylic acids is 3. The molecule has 44 heavy (non-hydrogen) atoms. The Kier molecular flexibility index (Phi) is 10.8. The van der Waals surface area contributed by atoms with Gasteiger partial charge < -0.3 is 23.6 Å². The van der Waals surface area contributed by atoms with E-state index in [-0.39, 0.29) is 29.2 Å². The van der Waals surface area contributed by atoms with Gasteiger partial charge in [-0.2, -0.15) is 0 Å². The minimum Gasteiger partial charge on any atom is -0.517 e. The minimum atomic E-state index is -2.67. The second-order valence-corrected chi connectivity index (χ2v) is 23.8. The van der Waals surface area contributed by atoms with Crippen LogP contribution in [-0.2, 0) is 27.9 Å². The van der Waals surface area contributed by atoms with Gasteiger partial charge in [0.05, 0.1) is 0 Å². The zero-order valence-corrected chi connectivity index (χ0v) is 29.9. The molecule has 0 saturated heterocycles. The number of amides is 1. The lowest BCUT2D eigenvalue weighted by Gasteiger charge is -2.42. The van der Waals surface area contributed by atoms with Gasteiger partial charge in [-0.3, -0.25) is 4.79 Å². The summed E-state index contributed by atoms with van der Waals surface area (Å²) >= 11 is 0. The normalized spacial score (nSPS) is 15.0. The van der Waals surface area contributed by atoms with Gasteiger partial charge in [0, 0.05) is 5.92 Å². The molecule has 0 saturated carbocycles. The van der Waals surface area contributed by atoms with Crippen LogP contribution in [0.3, 0.4) is 0 Å². The summed E-state index contributed by atoms with van der Waals surface area (Å²) in [6.07, 6.45) is -0.890. The second-order valence-electron chi connectivity index (χ2n) is 14.3. The van der Waals surface area contributed by atoms with Gasteiger partial charge in [-0.1, -0.05) is 103 Å². The van der Waals surface area contributed by atoms with Crippen molar-refractivity contribution in [2.24, 2.45) is 0 Å². The third-order valence-corrected chi connectivity index (χ3v) is 17.9. The van der Waals surface area contributed by atoms with Crippen molar-refractivity contribution < 1.29 is 32.7 Å². The molecule has 0 unspecified atom stereocenters. The summed E-state index contributed by atoms with van der Waals surface area (Å²) in [6.45, 7) is 23.5. The Labute approximate surface area is 264 Å². The van der Waals surface area contributed by atoms with E-state index < -0.39 is 46.8 Å². The molecule has 1 aliphatic carbocycles. The van der Waals surface area contributed by atoms with Crippen molar-refractivity contribution in [3.05, 3.63) is 72.3 Å². The summed E-state index contributed by atoms with van der Waals surface area (Å²) in [4.78, 5) is 40.8. The second kappa shape index (κ2) is 13.4. The van der Waals surface area contributed by atoms with E-state index in [4.69, 9.17) is 18.3 Å². The zero-order valence-electron chi connectivity index (χ0n) is 27.9. The first-order valence-corrected chi connectivity index (χ1v) is 20.9. The maximum absolute atomic E-state index is 13.9. The molecule has 0 aromatic heterocycles. The number of fused-ring (bicyclic) bond motifs is 3. The Bertz CT molecular complexity index is 1330. The summed E-state index contributed by atoms with van der Waals surface area (Å²) in [6, 6.07) is 14.5. The number of esters is 1. The van der Waals surface area contributed by atoms with Crippen LogP contribution in [0, 0.1) is 0 Å². The monoisotopic (exact) mass is 639 g/mol. The van der Waals surface area contributed by atoms with Gasteiger partial charge in [-0.05, 0) is 58.5 Å². The smallest absolute Gasteiger partial charge is 0.407 e. The van der Waals surface area contributed by atoms with Gasteiger partial charge >= 0.3 is 18.0 Å². The number of alkyl carbamates (subject to hydrolysis) is 1. The highest BCUT2D eigenvalue weighted by atomic mass is 28.4. The molecule has 240 valence electrons. The average molecular weight is 640 g/mol. The molecule has 0 bridgehead atoms. The summed E-state index contributed by atoms with van der Waals surface area (Å²) in [7, 11) is -5.29. The molecule has 8 nitrogen and oxygen atoms in total. The first kappa shape index (κ1) is 35.3. The van der Waals surface area contributed by atoms with Gasteiger partial charge in [0.2, 0.25) is 0 Å².